The fourth-order valence-corrected chi connectivity index (χ4v) is 3.99. The van der Waals surface area contributed by atoms with Crippen molar-refractivity contribution in [2.24, 2.45) is 0 Å². The van der Waals surface area contributed by atoms with Gasteiger partial charge in [0.2, 0.25) is 0 Å². The Balaban J connectivity index is 2.25. The summed E-state index contributed by atoms with van der Waals surface area (Å²) in [5.74, 6) is -0.440. The molecule has 2 aromatic rings. The van der Waals surface area contributed by atoms with Crippen LogP contribution < -0.4 is 4.72 Å². The Hall–Kier alpha value is -1.86. The minimum absolute atomic E-state index is 0.175. The van der Waals surface area contributed by atoms with E-state index in [2.05, 4.69) is 4.72 Å². The summed E-state index contributed by atoms with van der Waals surface area (Å²) in [5.41, 5.74) is 0.684. The maximum Gasteiger partial charge on any atom is 0.348 e. The van der Waals surface area contributed by atoms with Gasteiger partial charge >= 0.3 is 5.97 Å². The molecule has 0 spiro atoms. The van der Waals surface area contributed by atoms with Crippen LogP contribution >= 0.6 is 11.3 Å². The molecule has 0 aliphatic carbocycles. The Morgan fingerprint density at radius 2 is 1.95 bits per heavy atom. The van der Waals surface area contributed by atoms with Gasteiger partial charge in [-0.1, -0.05) is 18.2 Å². The van der Waals surface area contributed by atoms with Crippen molar-refractivity contribution in [3.8, 4) is 0 Å². The summed E-state index contributed by atoms with van der Waals surface area (Å²) in [6.07, 6.45) is 0. The van der Waals surface area contributed by atoms with E-state index in [0.717, 1.165) is 11.3 Å². The predicted octanol–water partition coefficient (Wildman–Crippen LogP) is 3.03. The Morgan fingerprint density at radius 3 is 2.57 bits per heavy atom. The Labute approximate surface area is 127 Å². The van der Waals surface area contributed by atoms with Crippen LogP contribution in [0.5, 0.6) is 0 Å². The molecule has 0 bridgehead atoms. The third-order valence-electron chi connectivity index (χ3n) is 2.67. The lowest BCUT2D eigenvalue weighted by atomic mass is 10.3. The maximum absolute atomic E-state index is 12.2. The van der Waals surface area contributed by atoms with E-state index in [1.807, 2.05) is 0 Å². The number of ether oxygens (including phenoxy) is 1. The lowest BCUT2D eigenvalue weighted by Crippen LogP contribution is -2.11. The van der Waals surface area contributed by atoms with Gasteiger partial charge in [0.1, 0.15) is 9.88 Å². The average Bonchev–Trinajstić information content (AvgIpc) is 2.80. The molecule has 21 heavy (non-hydrogen) atoms. The summed E-state index contributed by atoms with van der Waals surface area (Å²) in [7, 11) is -3.65. The van der Waals surface area contributed by atoms with E-state index in [1.165, 1.54) is 12.1 Å². The van der Waals surface area contributed by atoms with Crippen molar-refractivity contribution < 1.29 is 17.9 Å². The molecule has 0 aliphatic rings. The van der Waals surface area contributed by atoms with Crippen LogP contribution in [0, 0.1) is 6.92 Å². The van der Waals surface area contributed by atoms with Crippen LogP contribution in [0.3, 0.4) is 0 Å². The molecule has 0 radical (unpaired) electrons. The van der Waals surface area contributed by atoms with Crippen molar-refractivity contribution in [3.05, 3.63) is 46.8 Å². The van der Waals surface area contributed by atoms with E-state index < -0.39 is 16.0 Å². The second-order valence-corrected chi connectivity index (χ2v) is 7.00. The van der Waals surface area contributed by atoms with E-state index in [-0.39, 0.29) is 11.5 Å². The zero-order valence-electron chi connectivity index (χ0n) is 11.6. The highest BCUT2D eigenvalue weighted by atomic mass is 32.2. The highest BCUT2D eigenvalue weighted by Crippen LogP contribution is 2.29. The van der Waals surface area contributed by atoms with Gasteiger partial charge in [0.05, 0.1) is 11.5 Å². The van der Waals surface area contributed by atoms with Crippen LogP contribution in [-0.4, -0.2) is 21.0 Å². The summed E-state index contributed by atoms with van der Waals surface area (Å²) in [5, 5.41) is 0.388. The fraction of sp³-hybridized carbons (Fsp3) is 0.214. The highest BCUT2D eigenvalue weighted by molar-refractivity contribution is 7.93. The molecule has 0 saturated heterocycles. The van der Waals surface area contributed by atoms with Gasteiger partial charge < -0.3 is 4.74 Å². The van der Waals surface area contributed by atoms with Crippen LogP contribution in [0.2, 0.25) is 0 Å². The van der Waals surface area contributed by atoms with Crippen LogP contribution in [0.25, 0.3) is 0 Å². The number of benzene rings is 1. The van der Waals surface area contributed by atoms with E-state index in [0.29, 0.717) is 15.4 Å². The third-order valence-corrected chi connectivity index (χ3v) is 5.31. The van der Waals surface area contributed by atoms with Crippen molar-refractivity contribution in [1.82, 2.24) is 0 Å². The van der Waals surface area contributed by atoms with Crippen molar-refractivity contribution in [2.45, 2.75) is 18.7 Å². The smallest absolute Gasteiger partial charge is 0.348 e. The molecule has 1 aromatic heterocycles. The van der Waals surface area contributed by atoms with Crippen molar-refractivity contribution in [2.75, 3.05) is 11.3 Å². The number of thiophene rings is 1. The summed E-state index contributed by atoms with van der Waals surface area (Å²) < 4.78 is 31.8. The number of nitrogens with one attached hydrogen (secondary N) is 1. The molecule has 5 nitrogen and oxygen atoms in total. The number of esters is 1. The second kappa shape index (κ2) is 6.28. The predicted molar refractivity (Wildman–Crippen MR) is 82.3 cm³/mol. The number of sulfonamides is 1. The molecule has 0 unspecified atom stereocenters. The Bertz CT molecular complexity index is 736. The van der Waals surface area contributed by atoms with E-state index in [9.17, 15) is 13.2 Å². The molecular weight excluding hydrogens is 310 g/mol. The minimum atomic E-state index is -3.65. The van der Waals surface area contributed by atoms with E-state index in [1.54, 1.807) is 38.1 Å². The number of aryl methyl sites for hydroxylation is 1. The summed E-state index contributed by atoms with van der Waals surface area (Å²) in [6.45, 7) is 3.74. The first kappa shape index (κ1) is 15.5. The first-order valence-electron chi connectivity index (χ1n) is 6.29. The number of hydrogen-bond donors (Lipinski definition) is 1. The number of anilines is 1. The largest absolute Gasteiger partial charge is 0.462 e. The molecule has 0 saturated carbocycles. The number of rotatable bonds is 5. The van der Waals surface area contributed by atoms with Crippen LogP contribution in [0.4, 0.5) is 5.00 Å². The first-order valence-corrected chi connectivity index (χ1v) is 8.59. The normalized spacial score (nSPS) is 11.1. The van der Waals surface area contributed by atoms with Gasteiger partial charge in [-0.2, -0.15) is 0 Å². The zero-order chi connectivity index (χ0) is 15.5. The van der Waals surface area contributed by atoms with Gasteiger partial charge in [0.25, 0.3) is 10.0 Å². The Morgan fingerprint density at radius 1 is 1.29 bits per heavy atom. The standard InChI is InChI=1S/C14H15NO4S2/c1-3-19-14(16)13-10(2)9-12(20-13)15-21(17,18)11-7-5-4-6-8-11/h4-9,15H,3H2,1-2H3. The Kier molecular flexibility index (Phi) is 4.64. The molecular formula is C14H15NO4S2. The van der Waals surface area contributed by atoms with Gasteiger partial charge in [0, 0.05) is 0 Å². The van der Waals surface area contributed by atoms with E-state index >= 15 is 0 Å². The molecule has 7 heteroatoms. The highest BCUT2D eigenvalue weighted by Gasteiger charge is 2.19. The van der Waals surface area contributed by atoms with Crippen molar-refractivity contribution in [3.63, 3.8) is 0 Å². The molecule has 112 valence electrons. The molecule has 0 aliphatic heterocycles. The van der Waals surface area contributed by atoms with Gasteiger partial charge in [0.15, 0.2) is 0 Å². The van der Waals surface area contributed by atoms with Crippen molar-refractivity contribution >= 4 is 32.3 Å². The second-order valence-electron chi connectivity index (χ2n) is 4.26. The average molecular weight is 325 g/mol. The lowest BCUT2D eigenvalue weighted by molar-refractivity contribution is 0.0531. The van der Waals surface area contributed by atoms with Gasteiger partial charge in [-0.25, -0.2) is 13.2 Å². The number of carbonyl (C=O) groups excluding carboxylic acids is 1. The maximum atomic E-state index is 12.2. The van der Waals surface area contributed by atoms with Crippen LogP contribution in [0.15, 0.2) is 41.3 Å². The van der Waals surface area contributed by atoms with E-state index in [4.69, 9.17) is 4.74 Å². The molecule has 1 heterocycles. The molecule has 0 fully saturated rings. The lowest BCUT2D eigenvalue weighted by Gasteiger charge is -2.05. The molecule has 1 N–H and O–H groups in total. The summed E-state index contributed by atoms with van der Waals surface area (Å²) in [6, 6.07) is 9.69. The summed E-state index contributed by atoms with van der Waals surface area (Å²) >= 11 is 1.06. The SMILES string of the molecule is CCOC(=O)c1sc(NS(=O)(=O)c2ccccc2)cc1C. The van der Waals surface area contributed by atoms with Crippen LogP contribution in [0.1, 0.15) is 22.2 Å². The van der Waals surface area contributed by atoms with Gasteiger partial charge in [-0.15, -0.1) is 11.3 Å². The monoisotopic (exact) mass is 325 g/mol. The topological polar surface area (TPSA) is 72.5 Å². The third kappa shape index (κ3) is 3.62. The molecule has 0 amide bonds. The molecule has 1 aromatic carbocycles. The zero-order valence-corrected chi connectivity index (χ0v) is 13.3. The molecule has 0 atom stereocenters. The van der Waals surface area contributed by atoms with Gasteiger partial charge in [-0.3, -0.25) is 4.72 Å². The van der Waals surface area contributed by atoms with Gasteiger partial charge in [-0.05, 0) is 37.6 Å². The molecule has 2 rings (SSSR count). The first-order chi connectivity index (χ1) is 9.94. The van der Waals surface area contributed by atoms with Crippen LogP contribution in [-0.2, 0) is 14.8 Å². The minimum Gasteiger partial charge on any atom is -0.462 e. The van der Waals surface area contributed by atoms with Crippen molar-refractivity contribution in [1.29, 1.82) is 0 Å². The quantitative estimate of drug-likeness (QED) is 0.858. The fourth-order valence-electron chi connectivity index (χ4n) is 1.72. The number of carbonyl (C=O) groups is 1. The summed E-state index contributed by atoms with van der Waals surface area (Å²) in [4.78, 5) is 12.3. The number of hydrogen-bond acceptors (Lipinski definition) is 5.